The number of nitrogens with one attached hydrogen (secondary N) is 1. The molecule has 1 heterocycles. The fourth-order valence-corrected chi connectivity index (χ4v) is 2.20. The third kappa shape index (κ3) is 4.01. The van der Waals surface area contributed by atoms with Gasteiger partial charge in [0.1, 0.15) is 11.4 Å². The molecule has 0 spiro atoms. The highest BCUT2D eigenvalue weighted by Crippen LogP contribution is 2.25. The maximum absolute atomic E-state index is 12.0. The number of carbonyl (C=O) groups is 2. The van der Waals surface area contributed by atoms with Crippen LogP contribution in [0.3, 0.4) is 0 Å². The molecule has 1 aliphatic heterocycles. The smallest absolute Gasteiger partial charge is 0.299 e. The molecule has 0 unspecified atom stereocenters. The first-order valence-electron chi connectivity index (χ1n) is 6.30. The molecule has 0 saturated heterocycles. The van der Waals surface area contributed by atoms with Gasteiger partial charge < -0.3 is 10.1 Å². The summed E-state index contributed by atoms with van der Waals surface area (Å²) < 4.78 is 5.19. The van der Waals surface area contributed by atoms with Gasteiger partial charge in [-0.15, -0.1) is 10.2 Å². The molecular formula is C14H14N4O3S. The zero-order valence-corrected chi connectivity index (χ0v) is 12.9. The highest BCUT2D eigenvalue weighted by Gasteiger charge is 2.15. The van der Waals surface area contributed by atoms with Crippen LogP contribution in [0.2, 0.25) is 0 Å². The number of carbonyl (C=O) groups excluding carboxylic acids is 2. The lowest BCUT2D eigenvalue weighted by Gasteiger charge is -2.11. The van der Waals surface area contributed by atoms with Crippen molar-refractivity contribution in [1.29, 1.82) is 0 Å². The van der Waals surface area contributed by atoms with Crippen molar-refractivity contribution in [2.24, 2.45) is 15.2 Å². The molecule has 0 bridgehead atoms. The lowest BCUT2D eigenvalue weighted by Crippen LogP contribution is -2.16. The molecule has 114 valence electrons. The van der Waals surface area contributed by atoms with E-state index < -0.39 is 5.91 Å². The number of nitrogens with zero attached hydrogens (tertiary/aromatic N) is 3. The minimum Gasteiger partial charge on any atom is -0.495 e. The molecule has 1 N–H and O–H groups in total. The Hall–Kier alpha value is -2.48. The van der Waals surface area contributed by atoms with Crippen molar-refractivity contribution in [3.63, 3.8) is 0 Å². The summed E-state index contributed by atoms with van der Waals surface area (Å²) in [6.45, 7) is 5.30. The van der Waals surface area contributed by atoms with Crippen LogP contribution in [0.5, 0.6) is 5.75 Å². The molecule has 0 fully saturated rings. The van der Waals surface area contributed by atoms with Gasteiger partial charge in [0.15, 0.2) is 0 Å². The van der Waals surface area contributed by atoms with Gasteiger partial charge in [0, 0.05) is 0 Å². The molecule has 8 heteroatoms. The Kier molecular flexibility index (Phi) is 5.05. The number of hydrogen-bond acceptors (Lipinski definition) is 6. The summed E-state index contributed by atoms with van der Waals surface area (Å²) in [5, 5.41) is 10.2. The number of methoxy groups -OCH3 is 1. The molecule has 1 aliphatic rings. The number of benzene rings is 1. The predicted molar refractivity (Wildman–Crippen MR) is 85.3 cm³/mol. The Bertz CT molecular complexity index is 697. The Morgan fingerprint density at radius 1 is 1.41 bits per heavy atom. The van der Waals surface area contributed by atoms with Gasteiger partial charge in [-0.25, -0.2) is 0 Å². The Labute approximate surface area is 131 Å². The minimum atomic E-state index is -0.543. The van der Waals surface area contributed by atoms with E-state index in [2.05, 4.69) is 27.1 Å². The van der Waals surface area contributed by atoms with Crippen LogP contribution in [0.1, 0.15) is 5.56 Å². The lowest BCUT2D eigenvalue weighted by molar-refractivity contribution is -0.115. The van der Waals surface area contributed by atoms with Gasteiger partial charge in [0.05, 0.1) is 18.6 Å². The number of ether oxygens (including phenoxy) is 1. The number of amidine groups is 1. The van der Waals surface area contributed by atoms with E-state index in [0.717, 1.165) is 17.3 Å². The number of anilines is 1. The molecular weight excluding hydrogens is 304 g/mol. The minimum absolute atomic E-state index is 0.0155. The third-order valence-corrected chi connectivity index (χ3v) is 3.50. The summed E-state index contributed by atoms with van der Waals surface area (Å²) in [4.78, 5) is 26.9. The summed E-state index contributed by atoms with van der Waals surface area (Å²) in [5.74, 6) is -0.179. The lowest BCUT2D eigenvalue weighted by atomic mass is 10.2. The van der Waals surface area contributed by atoms with Gasteiger partial charge in [-0.1, -0.05) is 24.4 Å². The van der Waals surface area contributed by atoms with Crippen LogP contribution in [0, 0.1) is 6.92 Å². The molecule has 1 aromatic carbocycles. The van der Waals surface area contributed by atoms with Gasteiger partial charge in [0.2, 0.25) is 11.1 Å². The molecule has 2 rings (SSSR count). The van der Waals surface area contributed by atoms with Crippen molar-refractivity contribution in [2.45, 2.75) is 6.92 Å². The average molecular weight is 318 g/mol. The first-order chi connectivity index (χ1) is 10.5. The molecule has 0 aromatic heterocycles. The van der Waals surface area contributed by atoms with Crippen molar-refractivity contribution in [3.8, 4) is 5.75 Å². The van der Waals surface area contributed by atoms with Gasteiger partial charge >= 0.3 is 0 Å². The quantitative estimate of drug-likeness (QED) is 0.863. The van der Waals surface area contributed by atoms with Crippen LogP contribution < -0.4 is 10.1 Å². The summed E-state index contributed by atoms with van der Waals surface area (Å²) in [6.07, 6.45) is 0. The van der Waals surface area contributed by atoms with Crippen molar-refractivity contribution < 1.29 is 14.3 Å². The van der Waals surface area contributed by atoms with Crippen molar-refractivity contribution in [3.05, 3.63) is 36.0 Å². The number of azo groups is 1. The fraction of sp³-hybridized carbons (Fsp3) is 0.214. The van der Waals surface area contributed by atoms with Crippen molar-refractivity contribution in [1.82, 2.24) is 0 Å². The zero-order chi connectivity index (χ0) is 16.1. The zero-order valence-electron chi connectivity index (χ0n) is 12.1. The van der Waals surface area contributed by atoms with Gasteiger partial charge in [0.25, 0.3) is 5.91 Å². The number of hydrogen-bond donors (Lipinski definition) is 1. The topological polar surface area (TPSA) is 92.5 Å². The van der Waals surface area contributed by atoms with E-state index in [1.54, 1.807) is 6.07 Å². The van der Waals surface area contributed by atoms with Crippen LogP contribution in [-0.4, -0.2) is 29.8 Å². The van der Waals surface area contributed by atoms with Gasteiger partial charge in [-0.05, 0) is 24.6 Å². The van der Waals surface area contributed by atoms with Crippen molar-refractivity contribution in [2.75, 3.05) is 18.2 Å². The second kappa shape index (κ2) is 6.99. The molecule has 22 heavy (non-hydrogen) atoms. The predicted octanol–water partition coefficient (Wildman–Crippen LogP) is 2.54. The maximum atomic E-state index is 12.0. The number of thioether (sulfide) groups is 1. The average Bonchev–Trinajstić information content (AvgIpc) is 2.49. The molecule has 0 radical (unpaired) electrons. The fourth-order valence-electron chi connectivity index (χ4n) is 1.62. The van der Waals surface area contributed by atoms with Crippen LogP contribution >= 0.6 is 11.8 Å². The largest absolute Gasteiger partial charge is 0.495 e. The van der Waals surface area contributed by atoms with Gasteiger partial charge in [-0.2, -0.15) is 4.99 Å². The molecule has 7 nitrogen and oxygen atoms in total. The number of aryl methyl sites for hydroxylation is 1. The highest BCUT2D eigenvalue weighted by molar-refractivity contribution is 8.14. The van der Waals surface area contributed by atoms with E-state index in [0.29, 0.717) is 11.4 Å². The monoisotopic (exact) mass is 318 g/mol. The van der Waals surface area contributed by atoms with E-state index in [4.69, 9.17) is 4.74 Å². The maximum Gasteiger partial charge on any atom is 0.299 e. The Morgan fingerprint density at radius 2 is 2.18 bits per heavy atom. The number of aliphatic imine (C=N–C) groups is 1. The third-order valence-electron chi connectivity index (χ3n) is 2.66. The second-order valence-corrected chi connectivity index (χ2v) is 5.33. The Balaban J connectivity index is 1.95. The van der Waals surface area contributed by atoms with E-state index >= 15 is 0 Å². The van der Waals surface area contributed by atoms with E-state index in [1.165, 1.54) is 7.11 Å². The van der Waals surface area contributed by atoms with Crippen LogP contribution in [0.15, 0.2) is 45.7 Å². The van der Waals surface area contributed by atoms with Crippen LogP contribution in [-0.2, 0) is 9.59 Å². The molecule has 0 atom stereocenters. The van der Waals surface area contributed by atoms with Gasteiger partial charge in [-0.3, -0.25) is 9.59 Å². The SMILES string of the molecule is C=C1N=NC(SCC(=O)Nc2cc(C)ccc2OC)=NC1=O. The molecule has 0 aliphatic carbocycles. The normalized spacial score (nSPS) is 13.8. The summed E-state index contributed by atoms with van der Waals surface area (Å²) in [5.41, 5.74) is 1.57. The number of amides is 2. The van der Waals surface area contributed by atoms with E-state index in [1.807, 2.05) is 19.1 Å². The van der Waals surface area contributed by atoms with E-state index in [9.17, 15) is 9.59 Å². The summed E-state index contributed by atoms with van der Waals surface area (Å²) >= 11 is 1.02. The van der Waals surface area contributed by atoms with E-state index in [-0.39, 0.29) is 22.5 Å². The first kappa shape index (κ1) is 15.9. The molecule has 2 amide bonds. The summed E-state index contributed by atoms with van der Waals surface area (Å²) in [7, 11) is 1.53. The molecule has 1 aromatic rings. The summed E-state index contributed by atoms with van der Waals surface area (Å²) in [6, 6.07) is 5.48. The first-order valence-corrected chi connectivity index (χ1v) is 7.29. The standard InChI is InChI=1S/C14H14N4O3S/c1-8-4-5-11(21-3)10(6-8)15-12(19)7-22-14-16-13(20)9(2)17-18-14/h4-6H,2,7H2,1,3H3,(H,15,19). The van der Waals surface area contributed by atoms with Crippen molar-refractivity contribution >= 4 is 34.4 Å². The number of rotatable bonds is 4. The second-order valence-electron chi connectivity index (χ2n) is 4.39. The highest BCUT2D eigenvalue weighted by atomic mass is 32.2. The molecule has 0 saturated carbocycles. The Morgan fingerprint density at radius 3 is 2.86 bits per heavy atom. The van der Waals surface area contributed by atoms with Crippen LogP contribution in [0.25, 0.3) is 0 Å². The van der Waals surface area contributed by atoms with Crippen LogP contribution in [0.4, 0.5) is 5.69 Å².